The number of carbonyl (C=O) groups is 2. The zero-order chi connectivity index (χ0) is 15.1. The van der Waals surface area contributed by atoms with Crippen LogP contribution in [0.1, 0.15) is 51.4 Å². The molecule has 0 aromatic rings. The fourth-order valence-electron chi connectivity index (χ4n) is 3.49. The van der Waals surface area contributed by atoms with Gasteiger partial charge < -0.3 is 10.4 Å². The van der Waals surface area contributed by atoms with Crippen LogP contribution in [0.4, 0.5) is 0 Å². The minimum Gasteiger partial charge on any atom is -0.481 e. The second-order valence-corrected chi connectivity index (χ2v) is 6.53. The average Bonchev–Trinajstić information content (AvgIpc) is 2.49. The van der Waals surface area contributed by atoms with Gasteiger partial charge in [-0.3, -0.25) is 14.5 Å². The molecule has 0 aromatic heterocycles. The van der Waals surface area contributed by atoms with E-state index < -0.39 is 5.97 Å². The van der Waals surface area contributed by atoms with Gasteiger partial charge in [-0.2, -0.15) is 0 Å². The van der Waals surface area contributed by atoms with Gasteiger partial charge in [-0.1, -0.05) is 32.1 Å². The summed E-state index contributed by atoms with van der Waals surface area (Å²) in [6.07, 6.45) is 9.11. The molecule has 1 saturated carbocycles. The number of hydrogen-bond donors (Lipinski definition) is 2. The number of nitrogens with zero attached hydrogens (tertiary/aromatic N) is 1. The predicted octanol–water partition coefficient (Wildman–Crippen LogP) is 2.29. The van der Waals surface area contributed by atoms with E-state index in [-0.39, 0.29) is 24.2 Å². The van der Waals surface area contributed by atoms with Crippen molar-refractivity contribution < 1.29 is 14.7 Å². The molecule has 0 aromatic carbocycles. The third-order valence-corrected chi connectivity index (χ3v) is 4.90. The Bertz CT molecular complexity index is 351. The molecule has 0 unspecified atom stereocenters. The first kappa shape index (κ1) is 19.2. The Labute approximate surface area is 139 Å². The third-order valence-electron chi connectivity index (χ3n) is 4.90. The molecule has 6 heteroatoms. The highest BCUT2D eigenvalue weighted by atomic mass is 35.5. The molecular formula is C16H29ClN2O3. The largest absolute Gasteiger partial charge is 0.481 e. The Morgan fingerprint density at radius 3 is 2.27 bits per heavy atom. The van der Waals surface area contributed by atoms with Gasteiger partial charge >= 0.3 is 5.97 Å². The third kappa shape index (κ3) is 6.53. The molecule has 0 atom stereocenters. The van der Waals surface area contributed by atoms with E-state index in [4.69, 9.17) is 5.11 Å². The topological polar surface area (TPSA) is 69.6 Å². The molecule has 1 aliphatic carbocycles. The second kappa shape index (κ2) is 10.1. The van der Waals surface area contributed by atoms with Crippen LogP contribution in [0.3, 0.4) is 0 Å². The summed E-state index contributed by atoms with van der Waals surface area (Å²) in [7, 11) is 0. The summed E-state index contributed by atoms with van der Waals surface area (Å²) >= 11 is 0. The quantitative estimate of drug-likeness (QED) is 0.783. The van der Waals surface area contributed by atoms with Crippen molar-refractivity contribution in [1.82, 2.24) is 10.2 Å². The maximum absolute atomic E-state index is 11.9. The van der Waals surface area contributed by atoms with Crippen molar-refractivity contribution in [2.75, 3.05) is 26.2 Å². The van der Waals surface area contributed by atoms with Crippen LogP contribution >= 0.6 is 12.4 Å². The fraction of sp³-hybridized carbons (Fsp3) is 0.875. The molecule has 1 aliphatic heterocycles. The molecule has 0 radical (unpaired) electrons. The molecule has 2 aliphatic rings. The van der Waals surface area contributed by atoms with Crippen molar-refractivity contribution in [2.24, 2.45) is 11.8 Å². The molecule has 22 heavy (non-hydrogen) atoms. The van der Waals surface area contributed by atoms with Gasteiger partial charge in [0.15, 0.2) is 0 Å². The van der Waals surface area contributed by atoms with Gasteiger partial charge in [0.05, 0.1) is 12.5 Å². The zero-order valence-corrected chi connectivity index (χ0v) is 14.1. The van der Waals surface area contributed by atoms with E-state index >= 15 is 0 Å². The molecule has 2 fully saturated rings. The zero-order valence-electron chi connectivity index (χ0n) is 13.3. The van der Waals surface area contributed by atoms with Crippen LogP contribution < -0.4 is 5.32 Å². The maximum atomic E-state index is 11.9. The number of aliphatic carboxylic acids is 1. The van der Waals surface area contributed by atoms with Crippen molar-refractivity contribution in [2.45, 2.75) is 51.4 Å². The van der Waals surface area contributed by atoms with E-state index in [1.54, 1.807) is 0 Å². The first-order valence-corrected chi connectivity index (χ1v) is 8.37. The maximum Gasteiger partial charge on any atom is 0.306 e. The number of carbonyl (C=O) groups excluding carboxylic acids is 1. The van der Waals surface area contributed by atoms with Crippen LogP contribution in [0.25, 0.3) is 0 Å². The molecule has 1 amide bonds. The summed E-state index contributed by atoms with van der Waals surface area (Å²) in [5, 5.41) is 12.0. The van der Waals surface area contributed by atoms with Crippen LogP contribution in [0.5, 0.6) is 0 Å². The number of piperidine rings is 1. The van der Waals surface area contributed by atoms with Gasteiger partial charge in [-0.05, 0) is 38.3 Å². The van der Waals surface area contributed by atoms with Gasteiger partial charge in [0.25, 0.3) is 0 Å². The first-order chi connectivity index (χ1) is 10.1. The Hall–Kier alpha value is -0.810. The first-order valence-electron chi connectivity index (χ1n) is 8.37. The molecule has 1 saturated heterocycles. The molecule has 2 N–H and O–H groups in total. The number of amides is 1. The lowest BCUT2D eigenvalue weighted by Gasteiger charge is -2.29. The minimum absolute atomic E-state index is 0. The molecule has 2 rings (SSSR count). The molecule has 0 bridgehead atoms. The lowest BCUT2D eigenvalue weighted by atomic mass is 9.87. The van der Waals surface area contributed by atoms with Gasteiger partial charge in [0.2, 0.25) is 5.91 Å². The standard InChI is InChI=1S/C16H28N2O3.ClH/c19-15(17-9-6-13-4-2-1-3-5-13)12-18-10-7-14(8-11-18)16(20)21;/h13-14H,1-12H2,(H,17,19)(H,20,21);1H. The van der Waals surface area contributed by atoms with Gasteiger partial charge in [-0.15, -0.1) is 12.4 Å². The summed E-state index contributed by atoms with van der Waals surface area (Å²) < 4.78 is 0. The molecule has 0 spiro atoms. The van der Waals surface area contributed by atoms with E-state index in [2.05, 4.69) is 10.2 Å². The number of halogens is 1. The molecular weight excluding hydrogens is 304 g/mol. The number of carboxylic acids is 1. The minimum atomic E-state index is -0.702. The summed E-state index contributed by atoms with van der Waals surface area (Å²) in [6.45, 7) is 2.63. The summed E-state index contributed by atoms with van der Waals surface area (Å²) in [6, 6.07) is 0. The smallest absolute Gasteiger partial charge is 0.306 e. The summed E-state index contributed by atoms with van der Waals surface area (Å²) in [5.41, 5.74) is 0. The highest BCUT2D eigenvalue weighted by Crippen LogP contribution is 2.25. The number of hydrogen-bond acceptors (Lipinski definition) is 3. The Balaban J connectivity index is 0.00000242. The Morgan fingerprint density at radius 1 is 1.05 bits per heavy atom. The molecule has 128 valence electrons. The monoisotopic (exact) mass is 332 g/mol. The van der Waals surface area contributed by atoms with Crippen LogP contribution in [0.15, 0.2) is 0 Å². The van der Waals surface area contributed by atoms with E-state index in [0.717, 1.165) is 18.9 Å². The van der Waals surface area contributed by atoms with E-state index in [0.29, 0.717) is 32.5 Å². The highest BCUT2D eigenvalue weighted by molar-refractivity contribution is 5.85. The van der Waals surface area contributed by atoms with Gasteiger partial charge in [0.1, 0.15) is 0 Å². The fourth-order valence-corrected chi connectivity index (χ4v) is 3.49. The Morgan fingerprint density at radius 2 is 1.68 bits per heavy atom. The van der Waals surface area contributed by atoms with Crippen molar-refractivity contribution in [1.29, 1.82) is 0 Å². The lowest BCUT2D eigenvalue weighted by Crippen LogP contribution is -2.43. The number of likely N-dealkylation sites (tertiary alicyclic amines) is 1. The van der Waals surface area contributed by atoms with Crippen LogP contribution in [-0.4, -0.2) is 48.1 Å². The summed E-state index contributed by atoms with van der Waals surface area (Å²) in [5.74, 6) is -0.0489. The SMILES string of the molecule is Cl.O=C(CN1CCC(C(=O)O)CC1)NCCC1CCCCC1. The van der Waals surface area contributed by atoms with Crippen molar-refractivity contribution >= 4 is 24.3 Å². The van der Waals surface area contributed by atoms with E-state index in [1.165, 1.54) is 32.1 Å². The Kier molecular flexibility index (Phi) is 8.79. The van der Waals surface area contributed by atoms with Crippen molar-refractivity contribution in [3.05, 3.63) is 0 Å². The number of nitrogens with one attached hydrogen (secondary N) is 1. The van der Waals surface area contributed by atoms with E-state index in [9.17, 15) is 9.59 Å². The van der Waals surface area contributed by atoms with Crippen LogP contribution in [0.2, 0.25) is 0 Å². The van der Waals surface area contributed by atoms with Crippen LogP contribution in [0, 0.1) is 11.8 Å². The van der Waals surface area contributed by atoms with E-state index in [1.807, 2.05) is 0 Å². The van der Waals surface area contributed by atoms with Crippen molar-refractivity contribution in [3.8, 4) is 0 Å². The van der Waals surface area contributed by atoms with Gasteiger partial charge in [-0.25, -0.2) is 0 Å². The van der Waals surface area contributed by atoms with Crippen molar-refractivity contribution in [3.63, 3.8) is 0 Å². The normalized spacial score (nSPS) is 21.1. The molecule has 5 nitrogen and oxygen atoms in total. The van der Waals surface area contributed by atoms with Crippen LogP contribution in [-0.2, 0) is 9.59 Å². The number of rotatable bonds is 6. The van der Waals surface area contributed by atoms with Gasteiger partial charge in [0, 0.05) is 6.54 Å². The second-order valence-electron chi connectivity index (χ2n) is 6.53. The summed E-state index contributed by atoms with van der Waals surface area (Å²) in [4.78, 5) is 24.8. The highest BCUT2D eigenvalue weighted by Gasteiger charge is 2.25. The number of carboxylic acid groups (broad SMARTS) is 1. The average molecular weight is 333 g/mol. The lowest BCUT2D eigenvalue weighted by molar-refractivity contribution is -0.143. The predicted molar refractivity (Wildman–Crippen MR) is 88.2 cm³/mol. The molecule has 1 heterocycles.